The van der Waals surface area contributed by atoms with Crippen LogP contribution in [0.25, 0.3) is 6.08 Å². The van der Waals surface area contributed by atoms with Gasteiger partial charge >= 0.3 is 5.97 Å². The number of carbonyl (C=O) groups excluding carboxylic acids is 2. The molecule has 0 aliphatic carbocycles. The number of hydrogen-bond acceptors (Lipinski definition) is 6. The van der Waals surface area contributed by atoms with Gasteiger partial charge in [0.15, 0.2) is 18.1 Å². The lowest BCUT2D eigenvalue weighted by molar-refractivity contribution is -0.149. The molecule has 0 saturated carbocycles. The first kappa shape index (κ1) is 23.5. The maximum Gasteiger partial charge on any atom is 0.344 e. The summed E-state index contributed by atoms with van der Waals surface area (Å²) in [6.45, 7) is 7.05. The zero-order valence-corrected chi connectivity index (χ0v) is 18.3. The van der Waals surface area contributed by atoms with Crippen LogP contribution in [0, 0.1) is 25.2 Å². The Morgan fingerprint density at radius 2 is 1.87 bits per heavy atom. The molecule has 0 fully saturated rings. The SMILES string of the molecule is COc1cc(/C=C(/C#N)C(=O)Nc2cc(C)ccc2C)ccc1OCC(=O)OC(C)C. The van der Waals surface area contributed by atoms with Crippen molar-refractivity contribution >= 4 is 23.6 Å². The highest BCUT2D eigenvalue weighted by Gasteiger charge is 2.13. The maximum absolute atomic E-state index is 12.6. The third-order valence-corrected chi connectivity index (χ3v) is 4.22. The second-order valence-corrected chi connectivity index (χ2v) is 7.18. The summed E-state index contributed by atoms with van der Waals surface area (Å²) in [5.41, 5.74) is 3.07. The van der Waals surface area contributed by atoms with Gasteiger partial charge in [-0.25, -0.2) is 4.79 Å². The molecule has 2 rings (SSSR count). The van der Waals surface area contributed by atoms with Gasteiger partial charge in [-0.3, -0.25) is 4.79 Å². The van der Waals surface area contributed by atoms with Gasteiger partial charge in [-0.05, 0) is 68.7 Å². The second kappa shape index (κ2) is 10.8. The van der Waals surface area contributed by atoms with E-state index in [2.05, 4.69) is 5.32 Å². The van der Waals surface area contributed by atoms with Crippen molar-refractivity contribution in [1.29, 1.82) is 5.26 Å². The number of nitrogens with one attached hydrogen (secondary N) is 1. The Hall–Kier alpha value is -3.79. The Balaban J connectivity index is 2.18. The van der Waals surface area contributed by atoms with Crippen LogP contribution in [0.3, 0.4) is 0 Å². The molecule has 0 aromatic heterocycles. The average Bonchev–Trinajstić information content (AvgIpc) is 2.72. The number of nitrogens with zero attached hydrogens (tertiary/aromatic N) is 1. The van der Waals surface area contributed by atoms with Crippen LogP contribution in [-0.4, -0.2) is 31.7 Å². The van der Waals surface area contributed by atoms with Crippen molar-refractivity contribution in [2.75, 3.05) is 19.0 Å². The van der Waals surface area contributed by atoms with Gasteiger partial charge in [0.05, 0.1) is 13.2 Å². The van der Waals surface area contributed by atoms with Crippen LogP contribution >= 0.6 is 0 Å². The van der Waals surface area contributed by atoms with Crippen LogP contribution in [-0.2, 0) is 14.3 Å². The quantitative estimate of drug-likeness (QED) is 0.389. The van der Waals surface area contributed by atoms with E-state index < -0.39 is 11.9 Å². The molecule has 0 unspecified atom stereocenters. The van der Waals surface area contributed by atoms with E-state index in [0.29, 0.717) is 22.7 Å². The number of ether oxygens (including phenoxy) is 3. The average molecular weight is 422 g/mol. The number of carbonyl (C=O) groups is 2. The topological polar surface area (TPSA) is 97.6 Å². The van der Waals surface area contributed by atoms with E-state index in [9.17, 15) is 14.9 Å². The summed E-state index contributed by atoms with van der Waals surface area (Å²) in [6, 6.07) is 12.5. The molecule has 0 aliphatic rings. The second-order valence-electron chi connectivity index (χ2n) is 7.18. The molecule has 31 heavy (non-hydrogen) atoms. The minimum absolute atomic E-state index is 0.0582. The van der Waals surface area contributed by atoms with Crippen molar-refractivity contribution in [3.63, 3.8) is 0 Å². The first-order chi connectivity index (χ1) is 14.7. The van der Waals surface area contributed by atoms with Crippen molar-refractivity contribution in [3.8, 4) is 17.6 Å². The molecule has 0 spiro atoms. The van der Waals surface area contributed by atoms with Crippen LogP contribution < -0.4 is 14.8 Å². The standard InChI is InChI=1S/C24H26N2O5/c1-15(2)31-23(27)14-30-21-9-8-18(12-22(21)29-5)11-19(13-25)24(28)26-20-10-16(3)6-7-17(20)4/h6-12,15H,14H2,1-5H3,(H,26,28)/b19-11-. The predicted molar refractivity (Wildman–Crippen MR) is 118 cm³/mol. The highest BCUT2D eigenvalue weighted by atomic mass is 16.6. The summed E-state index contributed by atoms with van der Waals surface area (Å²) in [4.78, 5) is 24.3. The first-order valence-corrected chi connectivity index (χ1v) is 9.74. The van der Waals surface area contributed by atoms with Gasteiger partial charge in [0.2, 0.25) is 0 Å². The molecule has 0 radical (unpaired) electrons. The van der Waals surface area contributed by atoms with E-state index in [-0.39, 0.29) is 18.3 Å². The van der Waals surface area contributed by atoms with Crippen LogP contribution in [0.1, 0.15) is 30.5 Å². The van der Waals surface area contributed by atoms with Crippen LogP contribution in [0.4, 0.5) is 5.69 Å². The van der Waals surface area contributed by atoms with Crippen LogP contribution in [0.2, 0.25) is 0 Å². The molecule has 162 valence electrons. The molecular weight excluding hydrogens is 396 g/mol. The number of benzene rings is 2. The largest absolute Gasteiger partial charge is 0.493 e. The minimum Gasteiger partial charge on any atom is -0.493 e. The summed E-state index contributed by atoms with van der Waals surface area (Å²) < 4.78 is 15.8. The third kappa shape index (κ3) is 6.89. The molecule has 2 aromatic carbocycles. The molecule has 0 aliphatic heterocycles. The van der Waals surface area contributed by atoms with E-state index in [1.165, 1.54) is 13.2 Å². The Morgan fingerprint density at radius 3 is 2.52 bits per heavy atom. The lowest BCUT2D eigenvalue weighted by Crippen LogP contribution is -2.18. The van der Waals surface area contributed by atoms with Gasteiger partial charge in [0, 0.05) is 5.69 Å². The number of rotatable bonds is 8. The van der Waals surface area contributed by atoms with Crippen molar-refractivity contribution in [3.05, 3.63) is 58.7 Å². The molecule has 0 heterocycles. The molecule has 2 aromatic rings. The van der Waals surface area contributed by atoms with Crippen molar-refractivity contribution < 1.29 is 23.8 Å². The molecule has 7 nitrogen and oxygen atoms in total. The predicted octanol–water partition coefficient (Wildman–Crippen LogP) is 4.19. The van der Waals surface area contributed by atoms with E-state index in [0.717, 1.165) is 11.1 Å². The Labute approximate surface area is 182 Å². The molecule has 7 heteroatoms. The van der Waals surface area contributed by atoms with Crippen molar-refractivity contribution in [2.45, 2.75) is 33.8 Å². The summed E-state index contributed by atoms with van der Waals surface area (Å²) in [5, 5.41) is 12.2. The molecule has 0 saturated heterocycles. The summed E-state index contributed by atoms with van der Waals surface area (Å²) in [7, 11) is 1.46. The summed E-state index contributed by atoms with van der Waals surface area (Å²) in [5.74, 6) is -0.292. The van der Waals surface area contributed by atoms with Crippen molar-refractivity contribution in [1.82, 2.24) is 0 Å². The van der Waals surface area contributed by atoms with Crippen LogP contribution in [0.5, 0.6) is 11.5 Å². The smallest absolute Gasteiger partial charge is 0.344 e. The summed E-state index contributed by atoms with van der Waals surface area (Å²) >= 11 is 0. The highest BCUT2D eigenvalue weighted by molar-refractivity contribution is 6.10. The number of nitriles is 1. The fraction of sp³-hybridized carbons (Fsp3) is 0.292. The van der Waals surface area contributed by atoms with Gasteiger partial charge in [0.25, 0.3) is 5.91 Å². The normalized spacial score (nSPS) is 10.9. The Kier molecular flexibility index (Phi) is 8.21. The van der Waals surface area contributed by atoms with Gasteiger partial charge < -0.3 is 19.5 Å². The fourth-order valence-electron chi connectivity index (χ4n) is 2.70. The van der Waals surface area contributed by atoms with E-state index >= 15 is 0 Å². The van der Waals surface area contributed by atoms with Gasteiger partial charge in [-0.1, -0.05) is 18.2 Å². The molecule has 1 amide bonds. The van der Waals surface area contributed by atoms with Gasteiger partial charge in [-0.15, -0.1) is 0 Å². The number of esters is 1. The molecule has 0 bridgehead atoms. The van der Waals surface area contributed by atoms with Gasteiger partial charge in [-0.2, -0.15) is 5.26 Å². The zero-order valence-electron chi connectivity index (χ0n) is 18.3. The lowest BCUT2D eigenvalue weighted by Gasteiger charge is -2.12. The third-order valence-electron chi connectivity index (χ3n) is 4.22. The number of hydrogen-bond donors (Lipinski definition) is 1. The van der Waals surface area contributed by atoms with E-state index in [4.69, 9.17) is 14.2 Å². The highest BCUT2D eigenvalue weighted by Crippen LogP contribution is 2.29. The molecule has 1 N–H and O–H groups in total. The minimum atomic E-state index is -0.507. The Bertz CT molecular complexity index is 1030. The van der Waals surface area contributed by atoms with Gasteiger partial charge in [0.1, 0.15) is 11.6 Å². The number of amides is 1. The zero-order chi connectivity index (χ0) is 23.0. The van der Waals surface area contributed by atoms with Crippen LogP contribution in [0.15, 0.2) is 42.0 Å². The molecule has 0 atom stereocenters. The first-order valence-electron chi connectivity index (χ1n) is 9.74. The van der Waals surface area contributed by atoms with E-state index in [1.807, 2.05) is 38.1 Å². The van der Waals surface area contributed by atoms with Crippen molar-refractivity contribution in [2.24, 2.45) is 0 Å². The molecular formula is C24H26N2O5. The summed E-state index contributed by atoms with van der Waals surface area (Å²) in [6.07, 6.45) is 1.23. The maximum atomic E-state index is 12.6. The number of aryl methyl sites for hydroxylation is 2. The number of methoxy groups -OCH3 is 1. The van der Waals surface area contributed by atoms with E-state index in [1.54, 1.807) is 32.0 Å². The number of anilines is 1. The monoisotopic (exact) mass is 422 g/mol. The Morgan fingerprint density at radius 1 is 1.13 bits per heavy atom. The fourth-order valence-corrected chi connectivity index (χ4v) is 2.70. The lowest BCUT2D eigenvalue weighted by atomic mass is 10.1.